The van der Waals surface area contributed by atoms with Gasteiger partial charge in [-0.05, 0) is 12.8 Å². The molecule has 0 heterocycles. The molecule has 10 heavy (non-hydrogen) atoms. The zero-order valence-electron chi connectivity index (χ0n) is 5.45. The van der Waals surface area contributed by atoms with Crippen molar-refractivity contribution in [2.24, 2.45) is 0 Å². The van der Waals surface area contributed by atoms with Crippen LogP contribution in [0, 0.1) is 0 Å². The highest BCUT2D eigenvalue weighted by Gasteiger charge is 2.41. The minimum atomic E-state index is -3.94. The lowest BCUT2D eigenvalue weighted by molar-refractivity contribution is 0.460. The number of hydrogen-bond acceptors (Lipinski definition) is 3. The molecular weight excluding hydrogens is 172 g/mol. The molecule has 5 heteroatoms. The Morgan fingerprint density at radius 1 is 1.30 bits per heavy atom. The van der Waals surface area contributed by atoms with Crippen molar-refractivity contribution in [1.29, 1.82) is 0 Å². The molecule has 3 nitrogen and oxygen atoms in total. The largest absolute Gasteiger partial charge is 0.284 e. The first kappa shape index (κ1) is 8.36. The molecule has 0 saturated heterocycles. The Kier molecular flexibility index (Phi) is 2.00. The Morgan fingerprint density at radius 2 is 1.70 bits per heavy atom. The minimum absolute atomic E-state index is 0.467. The third-order valence-electron chi connectivity index (χ3n) is 1.86. The van der Waals surface area contributed by atoms with E-state index in [1.807, 2.05) is 0 Å². The fraction of sp³-hybridized carbons (Fsp3) is 1.00. The van der Waals surface area contributed by atoms with E-state index in [4.69, 9.17) is 4.55 Å². The SMILES string of the molecule is O=S(=O)(O)C1(S)CCCC1. The van der Waals surface area contributed by atoms with E-state index < -0.39 is 14.2 Å². The van der Waals surface area contributed by atoms with Crippen LogP contribution in [0.3, 0.4) is 0 Å². The standard InChI is InChI=1S/C5H10O3S2/c6-10(7,8)5(9)3-1-2-4-5/h9H,1-4H2,(H,6,7,8). The van der Waals surface area contributed by atoms with Gasteiger partial charge in [0.05, 0.1) is 0 Å². The van der Waals surface area contributed by atoms with Gasteiger partial charge in [-0.1, -0.05) is 12.8 Å². The van der Waals surface area contributed by atoms with Crippen LogP contribution in [-0.2, 0) is 10.1 Å². The molecule has 1 aliphatic rings. The van der Waals surface area contributed by atoms with Crippen molar-refractivity contribution in [3.63, 3.8) is 0 Å². The number of thiol groups is 1. The monoisotopic (exact) mass is 182 g/mol. The molecule has 1 N–H and O–H groups in total. The summed E-state index contributed by atoms with van der Waals surface area (Å²) >= 11 is 3.92. The lowest BCUT2D eigenvalue weighted by Crippen LogP contribution is -2.28. The van der Waals surface area contributed by atoms with Crippen molar-refractivity contribution < 1.29 is 13.0 Å². The summed E-state index contributed by atoms with van der Waals surface area (Å²) in [6, 6.07) is 0. The molecule has 60 valence electrons. The Morgan fingerprint density at radius 3 is 1.90 bits per heavy atom. The molecule has 0 atom stereocenters. The van der Waals surface area contributed by atoms with Crippen molar-refractivity contribution in [3.8, 4) is 0 Å². The van der Waals surface area contributed by atoms with Crippen LogP contribution >= 0.6 is 12.6 Å². The fourth-order valence-electron chi connectivity index (χ4n) is 1.19. The molecule has 1 aliphatic carbocycles. The maximum absolute atomic E-state index is 10.6. The molecule has 1 rings (SSSR count). The summed E-state index contributed by atoms with van der Waals surface area (Å²) in [6.07, 6.45) is 2.61. The van der Waals surface area contributed by atoms with E-state index in [2.05, 4.69) is 12.6 Å². The van der Waals surface area contributed by atoms with Gasteiger partial charge in [-0.3, -0.25) is 4.55 Å². The third kappa shape index (κ3) is 1.31. The molecule has 1 saturated carbocycles. The third-order valence-corrected chi connectivity index (χ3v) is 4.37. The van der Waals surface area contributed by atoms with Crippen molar-refractivity contribution in [2.45, 2.75) is 29.8 Å². The quantitative estimate of drug-likeness (QED) is 0.471. The summed E-state index contributed by atoms with van der Waals surface area (Å²) in [6.45, 7) is 0. The fourth-order valence-corrected chi connectivity index (χ4v) is 2.31. The van der Waals surface area contributed by atoms with Crippen molar-refractivity contribution in [1.82, 2.24) is 0 Å². The van der Waals surface area contributed by atoms with Gasteiger partial charge in [0.25, 0.3) is 10.1 Å². The lowest BCUT2D eigenvalue weighted by Gasteiger charge is -2.16. The Balaban J connectivity index is 2.88. The Hall–Kier alpha value is 0.260. The maximum atomic E-state index is 10.6. The van der Waals surface area contributed by atoms with Crippen LogP contribution in [0.2, 0.25) is 0 Å². The van der Waals surface area contributed by atoms with E-state index in [0.29, 0.717) is 12.8 Å². The van der Waals surface area contributed by atoms with E-state index in [1.165, 1.54) is 0 Å². The molecule has 0 spiro atoms. The second-order valence-corrected chi connectivity index (χ2v) is 5.52. The zero-order chi connectivity index (χ0) is 7.83. The highest BCUT2D eigenvalue weighted by atomic mass is 32.3. The Bertz CT molecular complexity index is 213. The van der Waals surface area contributed by atoms with Gasteiger partial charge in [0.1, 0.15) is 4.08 Å². The summed E-state index contributed by atoms with van der Waals surface area (Å²) in [5.41, 5.74) is 0. The average molecular weight is 182 g/mol. The summed E-state index contributed by atoms with van der Waals surface area (Å²) in [4.78, 5) is 0. The van der Waals surface area contributed by atoms with Crippen molar-refractivity contribution in [3.05, 3.63) is 0 Å². The number of hydrogen-bond donors (Lipinski definition) is 2. The van der Waals surface area contributed by atoms with Crippen LogP contribution in [0.1, 0.15) is 25.7 Å². The molecule has 0 bridgehead atoms. The van der Waals surface area contributed by atoms with E-state index in [9.17, 15) is 8.42 Å². The van der Waals surface area contributed by atoms with Crippen LogP contribution in [0.4, 0.5) is 0 Å². The summed E-state index contributed by atoms with van der Waals surface area (Å²) in [7, 11) is -3.94. The van der Waals surface area contributed by atoms with E-state index in [1.54, 1.807) is 0 Å². The van der Waals surface area contributed by atoms with Crippen LogP contribution < -0.4 is 0 Å². The molecule has 0 amide bonds. The average Bonchev–Trinajstić information content (AvgIpc) is 2.13. The predicted molar refractivity (Wildman–Crippen MR) is 41.7 cm³/mol. The molecule has 1 fully saturated rings. The molecule has 0 aromatic heterocycles. The topological polar surface area (TPSA) is 54.4 Å². The maximum Gasteiger partial charge on any atom is 0.279 e. The van der Waals surface area contributed by atoms with Gasteiger partial charge >= 0.3 is 0 Å². The van der Waals surface area contributed by atoms with Crippen LogP contribution in [0.25, 0.3) is 0 Å². The van der Waals surface area contributed by atoms with Gasteiger partial charge in [-0.2, -0.15) is 21.0 Å². The summed E-state index contributed by atoms with van der Waals surface area (Å²) < 4.78 is 28.8. The van der Waals surface area contributed by atoms with E-state index in [0.717, 1.165) is 12.8 Å². The van der Waals surface area contributed by atoms with Crippen molar-refractivity contribution >= 4 is 22.7 Å². The second kappa shape index (κ2) is 2.39. The molecular formula is C5H10O3S2. The molecule has 0 unspecified atom stereocenters. The van der Waals surface area contributed by atoms with Crippen LogP contribution in [0.15, 0.2) is 0 Å². The van der Waals surface area contributed by atoms with Gasteiger partial charge in [0.15, 0.2) is 0 Å². The highest BCUT2D eigenvalue weighted by Crippen LogP contribution is 2.39. The number of rotatable bonds is 1. The van der Waals surface area contributed by atoms with Crippen molar-refractivity contribution in [2.75, 3.05) is 0 Å². The summed E-state index contributed by atoms with van der Waals surface area (Å²) in [5.74, 6) is 0. The first-order valence-corrected chi connectivity index (χ1v) is 5.04. The highest BCUT2D eigenvalue weighted by molar-refractivity contribution is 8.03. The predicted octanol–water partition coefficient (Wildman–Crippen LogP) is 1.07. The minimum Gasteiger partial charge on any atom is -0.284 e. The first-order chi connectivity index (χ1) is 4.46. The second-order valence-electron chi connectivity index (χ2n) is 2.63. The first-order valence-electron chi connectivity index (χ1n) is 3.15. The van der Waals surface area contributed by atoms with Gasteiger partial charge < -0.3 is 0 Å². The van der Waals surface area contributed by atoms with Gasteiger partial charge in [-0.25, -0.2) is 0 Å². The lowest BCUT2D eigenvalue weighted by atomic mass is 10.4. The summed E-state index contributed by atoms with van der Waals surface area (Å²) in [5, 5.41) is 0. The normalized spacial score (nSPS) is 25.0. The van der Waals surface area contributed by atoms with Gasteiger partial charge in [0, 0.05) is 0 Å². The van der Waals surface area contributed by atoms with Crippen LogP contribution in [0.5, 0.6) is 0 Å². The smallest absolute Gasteiger partial charge is 0.279 e. The van der Waals surface area contributed by atoms with Gasteiger partial charge in [-0.15, -0.1) is 0 Å². The molecule has 0 aliphatic heterocycles. The van der Waals surface area contributed by atoms with Gasteiger partial charge in [0.2, 0.25) is 0 Å². The van der Waals surface area contributed by atoms with E-state index in [-0.39, 0.29) is 0 Å². The zero-order valence-corrected chi connectivity index (χ0v) is 7.16. The molecule has 0 aromatic rings. The molecule has 0 aromatic carbocycles. The Labute approximate surface area is 66.0 Å². The van der Waals surface area contributed by atoms with Crippen LogP contribution in [-0.4, -0.2) is 17.0 Å². The van der Waals surface area contributed by atoms with E-state index >= 15 is 0 Å². The molecule has 0 radical (unpaired) electrons.